The molecule has 0 amide bonds. The molecule has 0 spiro atoms. The van der Waals surface area contributed by atoms with E-state index in [4.69, 9.17) is 4.42 Å². The zero-order valence-electron chi connectivity index (χ0n) is 13.5. The van der Waals surface area contributed by atoms with Crippen LogP contribution in [0.25, 0.3) is 11.0 Å². The quantitative estimate of drug-likeness (QED) is 0.683. The van der Waals surface area contributed by atoms with Crippen LogP contribution in [0.4, 0.5) is 0 Å². The maximum atomic E-state index is 12.5. The van der Waals surface area contributed by atoms with Crippen molar-refractivity contribution in [2.45, 2.75) is 38.1 Å². The molecule has 0 radical (unpaired) electrons. The van der Waals surface area contributed by atoms with E-state index in [9.17, 15) is 24.0 Å². The topological polar surface area (TPSA) is 117 Å². The Morgan fingerprint density at radius 1 is 1.33 bits per heavy atom. The van der Waals surface area contributed by atoms with Gasteiger partial charge >= 0.3 is 11.6 Å². The van der Waals surface area contributed by atoms with Crippen molar-refractivity contribution in [1.82, 2.24) is 4.72 Å². The number of aromatic hydroxyl groups is 1. The van der Waals surface area contributed by atoms with Crippen LogP contribution in [0.5, 0.6) is 5.75 Å². The van der Waals surface area contributed by atoms with Gasteiger partial charge in [-0.05, 0) is 30.9 Å². The van der Waals surface area contributed by atoms with Gasteiger partial charge in [0, 0.05) is 17.5 Å². The average Bonchev–Trinajstić information content (AvgIpc) is 2.44. The normalized spacial score (nSPS) is 14.0. The van der Waals surface area contributed by atoms with Crippen molar-refractivity contribution in [1.29, 1.82) is 0 Å². The minimum atomic E-state index is -1.93. The van der Waals surface area contributed by atoms with Gasteiger partial charge in [-0.3, -0.25) is 4.79 Å². The first-order valence-electron chi connectivity index (χ1n) is 7.37. The number of nitrogens with one attached hydrogen (secondary N) is 1. The Morgan fingerprint density at radius 2 is 2.00 bits per heavy atom. The maximum absolute atomic E-state index is 12.5. The molecule has 24 heavy (non-hydrogen) atoms. The van der Waals surface area contributed by atoms with Crippen LogP contribution < -0.4 is 10.3 Å². The predicted octanol–water partition coefficient (Wildman–Crippen LogP) is 1.92. The van der Waals surface area contributed by atoms with Gasteiger partial charge in [0.2, 0.25) is 0 Å². The summed E-state index contributed by atoms with van der Waals surface area (Å²) >= 11 is 0. The fourth-order valence-corrected chi connectivity index (χ4v) is 3.40. The van der Waals surface area contributed by atoms with E-state index in [0.29, 0.717) is 17.4 Å². The van der Waals surface area contributed by atoms with Crippen molar-refractivity contribution in [2.75, 3.05) is 0 Å². The molecule has 0 saturated heterocycles. The second-order valence-corrected chi connectivity index (χ2v) is 7.18. The Hall–Kier alpha value is -2.19. The standard InChI is InChI=1S/C16H19NO6S/c1-8(2)4-11(16(20)21)17-24(22)14-6-10-9(3)5-15(19)23-13(10)7-12(14)18/h5-8,11,17-18H,4H2,1-3H3,(H,20,21)/t11-,24?/m0/s1. The van der Waals surface area contributed by atoms with Gasteiger partial charge in [0.1, 0.15) is 28.4 Å². The largest absolute Gasteiger partial charge is 0.506 e. The third-order valence-electron chi connectivity index (χ3n) is 3.49. The van der Waals surface area contributed by atoms with E-state index in [1.54, 1.807) is 6.92 Å². The summed E-state index contributed by atoms with van der Waals surface area (Å²) in [6, 6.07) is 2.92. The molecule has 0 aliphatic rings. The molecule has 1 aromatic carbocycles. The number of phenols is 1. The highest BCUT2D eigenvalue weighted by Crippen LogP contribution is 2.28. The molecule has 2 atom stereocenters. The number of phenolic OH excluding ortho intramolecular Hbond substituents is 1. The Labute approximate surface area is 140 Å². The van der Waals surface area contributed by atoms with E-state index >= 15 is 0 Å². The molecule has 1 aromatic heterocycles. The highest BCUT2D eigenvalue weighted by Gasteiger charge is 2.23. The maximum Gasteiger partial charge on any atom is 0.336 e. The van der Waals surface area contributed by atoms with E-state index in [-0.39, 0.29) is 22.1 Å². The third-order valence-corrected chi connectivity index (χ3v) is 4.71. The highest BCUT2D eigenvalue weighted by atomic mass is 32.2. The SMILES string of the molecule is Cc1cc(=O)oc2cc(O)c(S(=O)N[C@@H](CC(C)C)C(=O)O)cc12. The number of hydrogen-bond donors (Lipinski definition) is 3. The molecule has 0 fully saturated rings. The smallest absolute Gasteiger partial charge is 0.336 e. The fraction of sp³-hybridized carbons (Fsp3) is 0.375. The molecule has 3 N–H and O–H groups in total. The number of benzene rings is 1. The number of aryl methyl sites for hydroxylation is 1. The number of carboxylic acid groups (broad SMARTS) is 1. The Kier molecular flexibility index (Phi) is 5.40. The molecule has 0 bridgehead atoms. The van der Waals surface area contributed by atoms with Crippen LogP contribution in [-0.4, -0.2) is 26.4 Å². The van der Waals surface area contributed by atoms with Gasteiger partial charge in [-0.25, -0.2) is 13.7 Å². The summed E-state index contributed by atoms with van der Waals surface area (Å²) in [5.41, 5.74) is 0.237. The van der Waals surface area contributed by atoms with Crippen LogP contribution in [-0.2, 0) is 15.8 Å². The van der Waals surface area contributed by atoms with Crippen LogP contribution >= 0.6 is 0 Å². The second-order valence-electron chi connectivity index (χ2n) is 5.97. The lowest BCUT2D eigenvalue weighted by molar-refractivity contribution is -0.139. The summed E-state index contributed by atoms with van der Waals surface area (Å²) in [5, 5.41) is 19.8. The first kappa shape index (κ1) is 18.2. The Bertz CT molecular complexity index is 858. The molecule has 130 valence electrons. The highest BCUT2D eigenvalue weighted by molar-refractivity contribution is 7.83. The number of hydrogen-bond acceptors (Lipinski definition) is 5. The molecule has 7 nitrogen and oxygen atoms in total. The lowest BCUT2D eigenvalue weighted by Gasteiger charge is -2.16. The van der Waals surface area contributed by atoms with Crippen molar-refractivity contribution in [3.8, 4) is 5.75 Å². The molecular formula is C16H19NO6S. The van der Waals surface area contributed by atoms with Crippen molar-refractivity contribution in [3.63, 3.8) is 0 Å². The van der Waals surface area contributed by atoms with E-state index < -0.39 is 28.6 Å². The van der Waals surface area contributed by atoms with Gasteiger partial charge < -0.3 is 14.6 Å². The number of carbonyl (C=O) groups is 1. The summed E-state index contributed by atoms with van der Waals surface area (Å²) in [4.78, 5) is 22.7. The van der Waals surface area contributed by atoms with Crippen LogP contribution in [0.2, 0.25) is 0 Å². The molecule has 2 rings (SSSR count). The first-order chi connectivity index (χ1) is 11.2. The minimum Gasteiger partial charge on any atom is -0.506 e. The van der Waals surface area contributed by atoms with Crippen LogP contribution in [0.1, 0.15) is 25.8 Å². The van der Waals surface area contributed by atoms with E-state index in [1.807, 2.05) is 13.8 Å². The van der Waals surface area contributed by atoms with Gasteiger partial charge in [-0.15, -0.1) is 0 Å². The third kappa shape index (κ3) is 4.01. The monoisotopic (exact) mass is 353 g/mol. The fourth-order valence-electron chi connectivity index (χ4n) is 2.35. The predicted molar refractivity (Wildman–Crippen MR) is 89.3 cm³/mol. The second kappa shape index (κ2) is 7.14. The lowest BCUT2D eigenvalue weighted by atomic mass is 10.1. The first-order valence-corrected chi connectivity index (χ1v) is 8.52. The molecule has 0 saturated carbocycles. The molecule has 2 aromatic rings. The number of rotatable bonds is 6. The van der Waals surface area contributed by atoms with Gasteiger partial charge in [0.05, 0.1) is 4.90 Å². The molecule has 0 aliphatic heterocycles. The Balaban J connectivity index is 2.40. The van der Waals surface area contributed by atoms with E-state index in [1.165, 1.54) is 18.2 Å². The minimum absolute atomic E-state index is 0.0365. The summed E-state index contributed by atoms with van der Waals surface area (Å²) in [7, 11) is -1.93. The van der Waals surface area contributed by atoms with E-state index in [0.717, 1.165) is 0 Å². The molecule has 1 unspecified atom stereocenters. The van der Waals surface area contributed by atoms with Crippen LogP contribution in [0, 0.1) is 12.8 Å². The van der Waals surface area contributed by atoms with Crippen LogP contribution in [0.3, 0.4) is 0 Å². The molecule has 1 heterocycles. The van der Waals surface area contributed by atoms with Gasteiger partial charge in [-0.1, -0.05) is 13.8 Å². The summed E-state index contributed by atoms with van der Waals surface area (Å²) < 4.78 is 20.0. The van der Waals surface area contributed by atoms with Gasteiger partial charge in [0.15, 0.2) is 0 Å². The summed E-state index contributed by atoms with van der Waals surface area (Å²) in [5.74, 6) is -1.35. The zero-order chi connectivity index (χ0) is 18.0. The van der Waals surface area contributed by atoms with Gasteiger partial charge in [0.25, 0.3) is 0 Å². The average molecular weight is 353 g/mol. The zero-order valence-corrected chi connectivity index (χ0v) is 14.3. The van der Waals surface area contributed by atoms with Crippen molar-refractivity contribution < 1.29 is 23.6 Å². The van der Waals surface area contributed by atoms with Crippen molar-refractivity contribution in [3.05, 3.63) is 34.2 Å². The van der Waals surface area contributed by atoms with Gasteiger partial charge in [-0.2, -0.15) is 0 Å². The van der Waals surface area contributed by atoms with E-state index in [2.05, 4.69) is 4.72 Å². The van der Waals surface area contributed by atoms with Crippen molar-refractivity contribution >= 4 is 27.9 Å². The van der Waals surface area contributed by atoms with Crippen LogP contribution in [0.15, 0.2) is 32.3 Å². The molecular weight excluding hydrogens is 334 g/mol. The van der Waals surface area contributed by atoms with Crippen molar-refractivity contribution in [2.24, 2.45) is 5.92 Å². The summed E-state index contributed by atoms with van der Waals surface area (Å²) in [6.07, 6.45) is 0.295. The number of fused-ring (bicyclic) bond motifs is 1. The molecule has 0 aliphatic carbocycles. The Morgan fingerprint density at radius 3 is 2.58 bits per heavy atom. The number of aliphatic carboxylic acids is 1. The summed E-state index contributed by atoms with van der Waals surface area (Å²) in [6.45, 7) is 5.41. The molecule has 8 heteroatoms. The number of carboxylic acids is 1. The lowest BCUT2D eigenvalue weighted by Crippen LogP contribution is -2.38.